The molecule has 60 valence electrons. The maximum absolute atomic E-state index is 12.1. The van der Waals surface area contributed by atoms with Crippen molar-refractivity contribution >= 4 is 5.97 Å². The first kappa shape index (κ1) is 9.32. The maximum Gasteiger partial charge on any atom is 0.343 e. The minimum atomic E-state index is -2.36. The Morgan fingerprint density at radius 2 is 2.30 bits per heavy atom. The molecule has 0 aromatic rings. The van der Waals surface area contributed by atoms with Gasteiger partial charge in [0.05, 0.1) is 0 Å². The van der Waals surface area contributed by atoms with Crippen molar-refractivity contribution < 1.29 is 24.1 Å². The number of aliphatic carboxylic acids is 1. The standard InChI is InChI=1S/C5H9FO4/c1-2-10-5(9)3(6)4(7)8/h3,5,9H,2H2,1H3,(H,7,8). The van der Waals surface area contributed by atoms with Gasteiger partial charge in [0, 0.05) is 6.61 Å². The molecule has 0 spiro atoms. The number of ether oxygens (including phenoxy) is 1. The molecular weight excluding hydrogens is 143 g/mol. The normalized spacial score (nSPS) is 16.3. The summed E-state index contributed by atoms with van der Waals surface area (Å²) in [4.78, 5) is 9.80. The molecule has 0 saturated heterocycles. The van der Waals surface area contributed by atoms with Gasteiger partial charge in [-0.25, -0.2) is 9.18 Å². The lowest BCUT2D eigenvalue weighted by Gasteiger charge is -2.10. The van der Waals surface area contributed by atoms with Crippen molar-refractivity contribution in [2.75, 3.05) is 6.61 Å². The molecule has 0 aliphatic rings. The topological polar surface area (TPSA) is 66.8 Å². The van der Waals surface area contributed by atoms with Gasteiger partial charge in [0.1, 0.15) is 0 Å². The molecule has 0 radical (unpaired) electrons. The number of rotatable bonds is 4. The first-order chi connectivity index (χ1) is 4.59. The first-order valence-corrected chi connectivity index (χ1v) is 2.76. The summed E-state index contributed by atoms with van der Waals surface area (Å²) < 4.78 is 16.4. The zero-order valence-electron chi connectivity index (χ0n) is 5.45. The van der Waals surface area contributed by atoms with Crippen LogP contribution in [-0.4, -0.2) is 35.3 Å². The van der Waals surface area contributed by atoms with Crippen LogP contribution in [0.2, 0.25) is 0 Å². The quantitative estimate of drug-likeness (QED) is 0.546. The van der Waals surface area contributed by atoms with Crippen LogP contribution < -0.4 is 0 Å². The van der Waals surface area contributed by atoms with Gasteiger partial charge in [0.25, 0.3) is 0 Å². The van der Waals surface area contributed by atoms with Crippen molar-refractivity contribution in [3.63, 3.8) is 0 Å². The van der Waals surface area contributed by atoms with E-state index >= 15 is 0 Å². The highest BCUT2D eigenvalue weighted by Gasteiger charge is 2.25. The summed E-state index contributed by atoms with van der Waals surface area (Å²) in [6.07, 6.45) is -4.22. The fourth-order valence-electron chi connectivity index (χ4n) is 0.377. The monoisotopic (exact) mass is 152 g/mol. The second kappa shape index (κ2) is 4.19. The number of carboxylic acids is 1. The van der Waals surface area contributed by atoms with Gasteiger partial charge in [-0.3, -0.25) is 0 Å². The summed E-state index contributed by atoms with van der Waals surface area (Å²) in [6.45, 7) is 1.60. The number of hydrogen-bond donors (Lipinski definition) is 2. The number of aliphatic hydroxyl groups excluding tert-OH is 1. The van der Waals surface area contributed by atoms with Crippen LogP contribution in [0.1, 0.15) is 6.92 Å². The molecule has 2 atom stereocenters. The Bertz CT molecular complexity index is 116. The Morgan fingerprint density at radius 3 is 2.60 bits per heavy atom. The molecule has 10 heavy (non-hydrogen) atoms. The SMILES string of the molecule is CCOC(O)C(F)C(=O)O. The Hall–Kier alpha value is -0.680. The van der Waals surface area contributed by atoms with Gasteiger partial charge in [-0.05, 0) is 6.92 Å². The maximum atomic E-state index is 12.1. The summed E-state index contributed by atoms with van der Waals surface area (Å²) in [7, 11) is 0. The molecule has 0 aromatic carbocycles. The zero-order valence-corrected chi connectivity index (χ0v) is 5.45. The van der Waals surface area contributed by atoms with E-state index in [1.54, 1.807) is 0 Å². The molecule has 0 heterocycles. The lowest BCUT2D eigenvalue weighted by molar-refractivity contribution is -0.171. The molecule has 0 saturated carbocycles. The molecule has 4 nitrogen and oxygen atoms in total. The van der Waals surface area contributed by atoms with Gasteiger partial charge in [-0.1, -0.05) is 0 Å². The third-order valence-corrected chi connectivity index (χ3v) is 0.824. The van der Waals surface area contributed by atoms with Gasteiger partial charge in [-0.2, -0.15) is 0 Å². The van der Waals surface area contributed by atoms with E-state index in [-0.39, 0.29) is 6.61 Å². The van der Waals surface area contributed by atoms with Crippen molar-refractivity contribution in [3.05, 3.63) is 0 Å². The Kier molecular flexibility index (Phi) is 3.90. The molecule has 0 fully saturated rings. The number of aliphatic hydroxyl groups is 1. The van der Waals surface area contributed by atoms with E-state index < -0.39 is 18.4 Å². The fraction of sp³-hybridized carbons (Fsp3) is 0.800. The van der Waals surface area contributed by atoms with Gasteiger partial charge in [-0.15, -0.1) is 0 Å². The van der Waals surface area contributed by atoms with Crippen LogP contribution in [0, 0.1) is 0 Å². The molecule has 2 unspecified atom stereocenters. The largest absolute Gasteiger partial charge is 0.479 e. The van der Waals surface area contributed by atoms with E-state index in [9.17, 15) is 9.18 Å². The molecule has 0 aliphatic carbocycles. The van der Waals surface area contributed by atoms with E-state index in [1.165, 1.54) is 6.92 Å². The first-order valence-electron chi connectivity index (χ1n) is 2.76. The van der Waals surface area contributed by atoms with E-state index in [0.29, 0.717) is 0 Å². The van der Waals surface area contributed by atoms with Crippen LogP contribution in [0.25, 0.3) is 0 Å². The van der Waals surface area contributed by atoms with Crippen LogP contribution in [0.3, 0.4) is 0 Å². The average Bonchev–Trinajstić information content (AvgIpc) is 1.87. The second-order valence-corrected chi connectivity index (χ2v) is 1.59. The molecule has 0 aromatic heterocycles. The number of halogens is 1. The minimum absolute atomic E-state index is 0.0782. The molecule has 2 N–H and O–H groups in total. The smallest absolute Gasteiger partial charge is 0.343 e. The summed E-state index contributed by atoms with van der Waals surface area (Å²) >= 11 is 0. The number of carbonyl (C=O) groups is 1. The Morgan fingerprint density at radius 1 is 1.80 bits per heavy atom. The van der Waals surface area contributed by atoms with E-state index in [0.717, 1.165) is 0 Å². The third-order valence-electron chi connectivity index (χ3n) is 0.824. The molecule has 0 rings (SSSR count). The van der Waals surface area contributed by atoms with Crippen LogP contribution >= 0.6 is 0 Å². The lowest BCUT2D eigenvalue weighted by atomic mass is 10.4. The summed E-state index contributed by atoms with van der Waals surface area (Å²) in [5.74, 6) is -1.72. The van der Waals surface area contributed by atoms with Crippen molar-refractivity contribution in [2.24, 2.45) is 0 Å². The highest BCUT2D eigenvalue weighted by Crippen LogP contribution is 2.00. The average molecular weight is 152 g/mol. The Labute approximate surface area is 57.2 Å². The van der Waals surface area contributed by atoms with Crippen LogP contribution in [0.5, 0.6) is 0 Å². The van der Waals surface area contributed by atoms with Gasteiger partial charge in [0.2, 0.25) is 6.17 Å². The van der Waals surface area contributed by atoms with Gasteiger partial charge >= 0.3 is 5.97 Å². The predicted octanol–water partition coefficient (Wildman–Crippen LogP) is -0.236. The minimum Gasteiger partial charge on any atom is -0.479 e. The summed E-state index contributed by atoms with van der Waals surface area (Å²) in [5, 5.41) is 16.5. The van der Waals surface area contributed by atoms with E-state index in [4.69, 9.17) is 10.2 Å². The highest BCUT2D eigenvalue weighted by molar-refractivity contribution is 5.72. The highest BCUT2D eigenvalue weighted by atomic mass is 19.1. The summed E-state index contributed by atoms with van der Waals surface area (Å²) in [6, 6.07) is 0. The fourth-order valence-corrected chi connectivity index (χ4v) is 0.377. The zero-order chi connectivity index (χ0) is 8.15. The predicted molar refractivity (Wildman–Crippen MR) is 30.2 cm³/mol. The van der Waals surface area contributed by atoms with E-state index in [2.05, 4.69) is 4.74 Å². The number of alkyl halides is 1. The van der Waals surface area contributed by atoms with Crippen LogP contribution in [0.15, 0.2) is 0 Å². The van der Waals surface area contributed by atoms with Crippen molar-refractivity contribution in [1.82, 2.24) is 0 Å². The second-order valence-electron chi connectivity index (χ2n) is 1.59. The van der Waals surface area contributed by atoms with Gasteiger partial charge < -0.3 is 14.9 Å². The van der Waals surface area contributed by atoms with E-state index in [1.807, 2.05) is 0 Å². The lowest BCUT2D eigenvalue weighted by Crippen LogP contribution is -2.31. The molecule has 0 aliphatic heterocycles. The molecule has 0 bridgehead atoms. The van der Waals surface area contributed by atoms with Crippen molar-refractivity contribution in [3.8, 4) is 0 Å². The van der Waals surface area contributed by atoms with Crippen LogP contribution in [0.4, 0.5) is 4.39 Å². The number of carboxylic acid groups (broad SMARTS) is 1. The Balaban J connectivity index is 3.69. The molecule has 5 heteroatoms. The molecular formula is C5H9FO4. The van der Waals surface area contributed by atoms with Crippen molar-refractivity contribution in [1.29, 1.82) is 0 Å². The molecule has 0 amide bonds. The van der Waals surface area contributed by atoms with Crippen LogP contribution in [-0.2, 0) is 9.53 Å². The summed E-state index contributed by atoms with van der Waals surface area (Å²) in [5.41, 5.74) is 0. The third kappa shape index (κ3) is 2.75. The van der Waals surface area contributed by atoms with Gasteiger partial charge in [0.15, 0.2) is 6.29 Å². The van der Waals surface area contributed by atoms with Crippen molar-refractivity contribution in [2.45, 2.75) is 19.4 Å². The number of hydrogen-bond acceptors (Lipinski definition) is 3.